The van der Waals surface area contributed by atoms with Crippen LogP contribution in [0.25, 0.3) is 0 Å². The van der Waals surface area contributed by atoms with Crippen LogP contribution in [0.3, 0.4) is 0 Å². The van der Waals surface area contributed by atoms with Crippen LogP contribution in [0.5, 0.6) is 0 Å². The maximum atomic E-state index is 4.38. The number of nitrogens with one attached hydrogen (secondary N) is 1. The predicted octanol–water partition coefficient (Wildman–Crippen LogP) is 3.08. The van der Waals surface area contributed by atoms with Gasteiger partial charge >= 0.3 is 0 Å². The number of nitrogens with zero attached hydrogens (tertiary/aromatic N) is 2. The molecule has 2 rings (SSSR count). The molecular weight excluding hydrogens is 198 g/mol. The first kappa shape index (κ1) is 11.4. The molecule has 0 fully saturated rings. The average Bonchev–Trinajstić information content (AvgIpc) is 2.47. The van der Waals surface area contributed by atoms with Crippen molar-refractivity contribution in [2.45, 2.75) is 51.9 Å². The molecule has 3 heteroatoms. The lowest BCUT2D eigenvalue weighted by molar-refractivity contribution is 0.488. The molecule has 1 N–H and O–H groups in total. The van der Waals surface area contributed by atoms with E-state index in [1.54, 1.807) is 0 Å². The minimum atomic E-state index is 0.243. The summed E-state index contributed by atoms with van der Waals surface area (Å²) in [5.74, 6) is 1.46. The summed E-state index contributed by atoms with van der Waals surface area (Å²) in [5.41, 5.74) is 2.80. The van der Waals surface area contributed by atoms with Crippen molar-refractivity contribution >= 4 is 5.82 Å². The van der Waals surface area contributed by atoms with Gasteiger partial charge in [0, 0.05) is 12.5 Å². The third-order valence-corrected chi connectivity index (χ3v) is 3.39. The van der Waals surface area contributed by atoms with E-state index < -0.39 is 0 Å². The molecule has 1 unspecified atom stereocenters. The standard InChI is InChI=1S/C13H21N3/c1-5-6-14-11-7-10-12(16-15-11)9(2)8-13(10,3)4/h7,9H,5-6,8H2,1-4H3,(H,14,15). The van der Waals surface area contributed by atoms with Crippen LogP contribution in [-0.2, 0) is 5.41 Å². The Kier molecular flexibility index (Phi) is 2.87. The molecule has 1 heterocycles. The highest BCUT2D eigenvalue weighted by Gasteiger charge is 2.36. The van der Waals surface area contributed by atoms with Gasteiger partial charge in [0.05, 0.1) is 5.69 Å². The second-order valence-electron chi connectivity index (χ2n) is 5.44. The summed E-state index contributed by atoms with van der Waals surface area (Å²) in [7, 11) is 0. The first-order valence-electron chi connectivity index (χ1n) is 6.16. The molecule has 3 nitrogen and oxygen atoms in total. The highest BCUT2D eigenvalue weighted by Crippen LogP contribution is 2.44. The highest BCUT2D eigenvalue weighted by atomic mass is 15.2. The molecule has 0 spiro atoms. The first-order chi connectivity index (χ1) is 7.54. The summed E-state index contributed by atoms with van der Waals surface area (Å²) >= 11 is 0. The van der Waals surface area contributed by atoms with Crippen molar-refractivity contribution < 1.29 is 0 Å². The predicted molar refractivity (Wildman–Crippen MR) is 66.9 cm³/mol. The van der Waals surface area contributed by atoms with Crippen LogP contribution in [0.1, 0.15) is 57.7 Å². The van der Waals surface area contributed by atoms with Crippen LogP contribution < -0.4 is 5.32 Å². The Morgan fingerprint density at radius 2 is 2.19 bits per heavy atom. The summed E-state index contributed by atoms with van der Waals surface area (Å²) in [4.78, 5) is 0. The normalized spacial score (nSPS) is 21.9. The van der Waals surface area contributed by atoms with Crippen LogP contribution in [-0.4, -0.2) is 16.7 Å². The van der Waals surface area contributed by atoms with E-state index in [9.17, 15) is 0 Å². The van der Waals surface area contributed by atoms with Gasteiger partial charge in [0.25, 0.3) is 0 Å². The summed E-state index contributed by atoms with van der Waals surface area (Å²) in [6, 6.07) is 2.18. The van der Waals surface area contributed by atoms with Crippen molar-refractivity contribution in [3.05, 3.63) is 17.3 Å². The van der Waals surface area contributed by atoms with E-state index >= 15 is 0 Å². The van der Waals surface area contributed by atoms with Crippen LogP contribution in [0.4, 0.5) is 5.82 Å². The molecule has 1 aromatic heterocycles. The van der Waals surface area contributed by atoms with Gasteiger partial charge in [0.15, 0.2) is 0 Å². The molecular formula is C13H21N3. The Morgan fingerprint density at radius 3 is 2.88 bits per heavy atom. The van der Waals surface area contributed by atoms with Crippen molar-refractivity contribution in [3.8, 4) is 0 Å². The van der Waals surface area contributed by atoms with E-state index in [-0.39, 0.29) is 5.41 Å². The van der Waals surface area contributed by atoms with Crippen molar-refractivity contribution in [3.63, 3.8) is 0 Å². The first-order valence-corrected chi connectivity index (χ1v) is 6.16. The van der Waals surface area contributed by atoms with Gasteiger partial charge in [-0.2, -0.15) is 5.10 Å². The fourth-order valence-electron chi connectivity index (χ4n) is 2.62. The van der Waals surface area contributed by atoms with Gasteiger partial charge in [-0.25, -0.2) is 0 Å². The molecule has 0 saturated heterocycles. The Morgan fingerprint density at radius 1 is 1.44 bits per heavy atom. The Hall–Kier alpha value is -1.12. The maximum Gasteiger partial charge on any atom is 0.148 e. The van der Waals surface area contributed by atoms with E-state index in [0.717, 1.165) is 18.8 Å². The molecule has 16 heavy (non-hydrogen) atoms. The molecule has 0 saturated carbocycles. The SMILES string of the molecule is CCCNc1cc2c(nn1)C(C)CC2(C)C. The Balaban J connectivity index is 2.31. The zero-order valence-corrected chi connectivity index (χ0v) is 10.7. The Labute approximate surface area is 97.7 Å². The number of anilines is 1. The van der Waals surface area contributed by atoms with Crippen LogP contribution in [0, 0.1) is 0 Å². The molecule has 0 aliphatic heterocycles. The van der Waals surface area contributed by atoms with Crippen LogP contribution >= 0.6 is 0 Å². The summed E-state index contributed by atoms with van der Waals surface area (Å²) in [5, 5.41) is 11.9. The minimum Gasteiger partial charge on any atom is -0.369 e. The van der Waals surface area contributed by atoms with E-state index in [1.165, 1.54) is 17.7 Å². The van der Waals surface area contributed by atoms with Gasteiger partial charge < -0.3 is 5.32 Å². The second-order valence-corrected chi connectivity index (χ2v) is 5.44. The topological polar surface area (TPSA) is 37.8 Å². The molecule has 0 amide bonds. The summed E-state index contributed by atoms with van der Waals surface area (Å²) in [6.45, 7) is 9.94. The molecule has 0 aromatic carbocycles. The van der Waals surface area contributed by atoms with Gasteiger partial charge in [-0.05, 0) is 29.9 Å². The number of hydrogen-bond acceptors (Lipinski definition) is 3. The van der Waals surface area contributed by atoms with Gasteiger partial charge in [-0.1, -0.05) is 27.7 Å². The van der Waals surface area contributed by atoms with Crippen molar-refractivity contribution in [2.24, 2.45) is 0 Å². The van der Waals surface area contributed by atoms with Crippen molar-refractivity contribution in [1.29, 1.82) is 0 Å². The van der Waals surface area contributed by atoms with Gasteiger partial charge in [-0.15, -0.1) is 5.10 Å². The number of fused-ring (bicyclic) bond motifs is 1. The summed E-state index contributed by atoms with van der Waals surface area (Å²) in [6.07, 6.45) is 2.28. The molecule has 0 bridgehead atoms. The Bertz CT molecular complexity index is 385. The maximum absolute atomic E-state index is 4.38. The third-order valence-electron chi connectivity index (χ3n) is 3.39. The number of rotatable bonds is 3. The molecule has 1 aliphatic carbocycles. The molecule has 1 aromatic rings. The van der Waals surface area contributed by atoms with Gasteiger partial charge in [0.2, 0.25) is 0 Å². The fourth-order valence-corrected chi connectivity index (χ4v) is 2.62. The lowest BCUT2D eigenvalue weighted by Crippen LogP contribution is -2.13. The monoisotopic (exact) mass is 219 g/mol. The van der Waals surface area contributed by atoms with E-state index in [1.807, 2.05) is 0 Å². The lowest BCUT2D eigenvalue weighted by atomic mass is 9.86. The zero-order chi connectivity index (χ0) is 11.8. The number of hydrogen-bond donors (Lipinski definition) is 1. The molecule has 1 aliphatic rings. The van der Waals surface area contributed by atoms with Gasteiger partial charge in [0.1, 0.15) is 5.82 Å². The van der Waals surface area contributed by atoms with Crippen LogP contribution in [0.2, 0.25) is 0 Å². The highest BCUT2D eigenvalue weighted by molar-refractivity contribution is 5.45. The molecule has 0 radical (unpaired) electrons. The van der Waals surface area contributed by atoms with Crippen molar-refractivity contribution in [2.75, 3.05) is 11.9 Å². The van der Waals surface area contributed by atoms with Crippen LogP contribution in [0.15, 0.2) is 6.07 Å². The smallest absolute Gasteiger partial charge is 0.148 e. The molecule has 88 valence electrons. The fraction of sp³-hybridized carbons (Fsp3) is 0.692. The van der Waals surface area contributed by atoms with E-state index in [2.05, 4.69) is 49.3 Å². The van der Waals surface area contributed by atoms with E-state index in [4.69, 9.17) is 0 Å². The quantitative estimate of drug-likeness (QED) is 0.849. The lowest BCUT2D eigenvalue weighted by Gasteiger charge is -2.18. The third kappa shape index (κ3) is 1.91. The minimum absolute atomic E-state index is 0.243. The second kappa shape index (κ2) is 4.04. The largest absolute Gasteiger partial charge is 0.369 e. The van der Waals surface area contributed by atoms with Gasteiger partial charge in [-0.3, -0.25) is 0 Å². The number of aromatic nitrogens is 2. The van der Waals surface area contributed by atoms with E-state index in [0.29, 0.717) is 5.92 Å². The summed E-state index contributed by atoms with van der Waals surface area (Å²) < 4.78 is 0. The van der Waals surface area contributed by atoms with Crippen molar-refractivity contribution in [1.82, 2.24) is 10.2 Å². The average molecular weight is 219 g/mol. The molecule has 1 atom stereocenters. The zero-order valence-electron chi connectivity index (χ0n) is 10.7.